The molecule has 17 heavy (non-hydrogen) atoms. The molecular formula is C12H26O5. The zero-order valence-electron chi connectivity index (χ0n) is 11.1. The molecule has 5 heteroatoms. The van der Waals surface area contributed by atoms with Crippen molar-refractivity contribution in [1.29, 1.82) is 0 Å². The third-order valence-corrected chi connectivity index (χ3v) is 2.28. The summed E-state index contributed by atoms with van der Waals surface area (Å²) in [5.41, 5.74) is -0.625. The summed E-state index contributed by atoms with van der Waals surface area (Å²) in [6.07, 6.45) is 1.85. The van der Waals surface area contributed by atoms with Crippen LogP contribution in [0.25, 0.3) is 0 Å². The van der Waals surface area contributed by atoms with E-state index >= 15 is 0 Å². The highest BCUT2D eigenvalue weighted by molar-refractivity contribution is 4.69. The lowest BCUT2D eigenvalue weighted by Crippen LogP contribution is -2.31. The van der Waals surface area contributed by atoms with E-state index in [0.29, 0.717) is 12.8 Å². The first-order valence-corrected chi connectivity index (χ1v) is 6.19. The molecule has 5 nitrogen and oxygen atoms in total. The Balaban J connectivity index is 3.64. The van der Waals surface area contributed by atoms with E-state index in [1.165, 1.54) is 0 Å². The zero-order chi connectivity index (χ0) is 13.3. The van der Waals surface area contributed by atoms with Crippen LogP contribution < -0.4 is 0 Å². The molecule has 0 saturated heterocycles. The van der Waals surface area contributed by atoms with Crippen LogP contribution in [0.4, 0.5) is 0 Å². The molecule has 0 aromatic heterocycles. The Labute approximate surface area is 103 Å². The van der Waals surface area contributed by atoms with Gasteiger partial charge in [-0.05, 0) is 33.6 Å². The molecule has 2 unspecified atom stereocenters. The standard InChI is InChI=1S/C12H26O5/c1-10(14)9-12(2,3)17-16-11(15)7-5-4-6-8-13/h10-11,13-15H,4-9H2,1-3H3. The molecule has 0 aromatic carbocycles. The summed E-state index contributed by atoms with van der Waals surface area (Å²) in [5, 5.41) is 27.3. The summed E-state index contributed by atoms with van der Waals surface area (Å²) >= 11 is 0. The second kappa shape index (κ2) is 8.83. The van der Waals surface area contributed by atoms with Gasteiger partial charge in [0.15, 0.2) is 6.29 Å². The summed E-state index contributed by atoms with van der Waals surface area (Å²) in [6.45, 7) is 5.43. The molecule has 0 aliphatic carbocycles. The molecule has 0 amide bonds. The number of hydrogen-bond acceptors (Lipinski definition) is 5. The molecule has 0 rings (SSSR count). The van der Waals surface area contributed by atoms with Crippen LogP contribution in [0.1, 0.15) is 52.9 Å². The summed E-state index contributed by atoms with van der Waals surface area (Å²) in [7, 11) is 0. The fourth-order valence-electron chi connectivity index (χ4n) is 1.59. The highest BCUT2D eigenvalue weighted by Gasteiger charge is 2.23. The van der Waals surface area contributed by atoms with Gasteiger partial charge in [0.25, 0.3) is 0 Å². The summed E-state index contributed by atoms with van der Waals surface area (Å²) in [5.74, 6) is 0. The number of aliphatic hydroxyl groups excluding tert-OH is 3. The van der Waals surface area contributed by atoms with Crippen LogP contribution in [0.15, 0.2) is 0 Å². The average molecular weight is 250 g/mol. The van der Waals surface area contributed by atoms with Crippen LogP contribution in [-0.2, 0) is 9.78 Å². The van der Waals surface area contributed by atoms with Crippen molar-refractivity contribution in [3.05, 3.63) is 0 Å². The van der Waals surface area contributed by atoms with Crippen molar-refractivity contribution in [3.8, 4) is 0 Å². The maximum absolute atomic E-state index is 9.47. The van der Waals surface area contributed by atoms with Gasteiger partial charge in [-0.1, -0.05) is 6.42 Å². The number of unbranched alkanes of at least 4 members (excludes halogenated alkanes) is 2. The maximum Gasteiger partial charge on any atom is 0.188 e. The highest BCUT2D eigenvalue weighted by atomic mass is 17.2. The Morgan fingerprint density at radius 3 is 2.29 bits per heavy atom. The zero-order valence-corrected chi connectivity index (χ0v) is 11.1. The lowest BCUT2D eigenvalue weighted by molar-refractivity contribution is -0.415. The normalized spacial score (nSPS) is 15.9. The SMILES string of the molecule is CC(O)CC(C)(C)OOC(O)CCCCCO. The number of rotatable bonds is 10. The van der Waals surface area contributed by atoms with Crippen LogP contribution in [-0.4, -0.2) is 39.9 Å². The number of hydrogen-bond donors (Lipinski definition) is 3. The maximum atomic E-state index is 9.47. The van der Waals surface area contributed by atoms with Crippen LogP contribution in [0, 0.1) is 0 Å². The van der Waals surface area contributed by atoms with Crippen molar-refractivity contribution in [1.82, 2.24) is 0 Å². The Morgan fingerprint density at radius 2 is 1.76 bits per heavy atom. The van der Waals surface area contributed by atoms with Gasteiger partial charge in [-0.25, -0.2) is 9.78 Å². The molecule has 0 bridgehead atoms. The third-order valence-electron chi connectivity index (χ3n) is 2.28. The monoisotopic (exact) mass is 250 g/mol. The minimum Gasteiger partial charge on any atom is -0.396 e. The van der Waals surface area contributed by atoms with Crippen molar-refractivity contribution in [2.24, 2.45) is 0 Å². The van der Waals surface area contributed by atoms with E-state index in [0.717, 1.165) is 19.3 Å². The lowest BCUT2D eigenvalue weighted by atomic mass is 10.0. The van der Waals surface area contributed by atoms with Gasteiger partial charge in [-0.15, -0.1) is 0 Å². The molecule has 0 radical (unpaired) electrons. The van der Waals surface area contributed by atoms with Crippen molar-refractivity contribution in [2.45, 2.75) is 70.9 Å². The van der Waals surface area contributed by atoms with E-state index in [1.54, 1.807) is 20.8 Å². The van der Waals surface area contributed by atoms with Gasteiger partial charge in [0.2, 0.25) is 0 Å². The summed E-state index contributed by atoms with van der Waals surface area (Å²) in [4.78, 5) is 9.97. The molecule has 0 aliphatic heterocycles. The lowest BCUT2D eigenvalue weighted by Gasteiger charge is -2.26. The largest absolute Gasteiger partial charge is 0.396 e. The van der Waals surface area contributed by atoms with Gasteiger partial charge in [-0.3, -0.25) is 0 Å². The first-order valence-electron chi connectivity index (χ1n) is 6.19. The van der Waals surface area contributed by atoms with Crippen molar-refractivity contribution in [2.75, 3.05) is 6.61 Å². The average Bonchev–Trinajstić information content (AvgIpc) is 2.20. The minimum absolute atomic E-state index is 0.175. The fourth-order valence-corrected chi connectivity index (χ4v) is 1.59. The Hall–Kier alpha value is -0.200. The Kier molecular flexibility index (Phi) is 8.72. The van der Waals surface area contributed by atoms with Gasteiger partial charge in [-0.2, -0.15) is 0 Å². The molecule has 0 aromatic rings. The summed E-state index contributed by atoms with van der Waals surface area (Å²) in [6, 6.07) is 0. The van der Waals surface area contributed by atoms with Crippen LogP contribution in [0.5, 0.6) is 0 Å². The minimum atomic E-state index is -0.957. The van der Waals surface area contributed by atoms with Crippen LogP contribution in [0.3, 0.4) is 0 Å². The Morgan fingerprint density at radius 1 is 1.12 bits per heavy atom. The van der Waals surface area contributed by atoms with Crippen molar-refractivity contribution >= 4 is 0 Å². The fraction of sp³-hybridized carbons (Fsp3) is 1.00. The van der Waals surface area contributed by atoms with E-state index in [9.17, 15) is 10.2 Å². The third kappa shape index (κ3) is 10.7. The van der Waals surface area contributed by atoms with Crippen molar-refractivity contribution in [3.63, 3.8) is 0 Å². The van der Waals surface area contributed by atoms with Gasteiger partial charge < -0.3 is 15.3 Å². The van der Waals surface area contributed by atoms with E-state index in [1.807, 2.05) is 0 Å². The quantitative estimate of drug-likeness (QED) is 0.236. The highest BCUT2D eigenvalue weighted by Crippen LogP contribution is 2.18. The predicted octanol–water partition coefficient (Wildman–Crippen LogP) is 1.36. The van der Waals surface area contributed by atoms with E-state index in [2.05, 4.69) is 0 Å². The molecule has 3 N–H and O–H groups in total. The van der Waals surface area contributed by atoms with Gasteiger partial charge in [0, 0.05) is 19.4 Å². The molecule has 0 aliphatic rings. The van der Waals surface area contributed by atoms with E-state index in [-0.39, 0.29) is 6.61 Å². The van der Waals surface area contributed by atoms with E-state index < -0.39 is 18.0 Å². The molecule has 0 heterocycles. The van der Waals surface area contributed by atoms with Gasteiger partial charge in [0.1, 0.15) is 5.60 Å². The second-order valence-electron chi connectivity index (χ2n) is 5.02. The first kappa shape index (κ1) is 16.8. The topological polar surface area (TPSA) is 79.2 Å². The van der Waals surface area contributed by atoms with Gasteiger partial charge in [0.05, 0.1) is 6.10 Å². The molecule has 104 valence electrons. The summed E-state index contributed by atoms with van der Waals surface area (Å²) < 4.78 is 0. The molecule has 0 spiro atoms. The van der Waals surface area contributed by atoms with Crippen LogP contribution >= 0.6 is 0 Å². The number of aliphatic hydroxyl groups is 3. The van der Waals surface area contributed by atoms with E-state index in [4.69, 9.17) is 14.9 Å². The molecular weight excluding hydrogens is 224 g/mol. The molecule has 0 saturated carbocycles. The second-order valence-corrected chi connectivity index (χ2v) is 5.02. The first-order chi connectivity index (χ1) is 7.87. The van der Waals surface area contributed by atoms with Gasteiger partial charge >= 0.3 is 0 Å². The smallest absolute Gasteiger partial charge is 0.188 e. The molecule has 2 atom stereocenters. The Bertz CT molecular complexity index is 182. The molecule has 0 fully saturated rings. The predicted molar refractivity (Wildman–Crippen MR) is 64.1 cm³/mol. The van der Waals surface area contributed by atoms with Crippen molar-refractivity contribution < 1.29 is 25.1 Å². The van der Waals surface area contributed by atoms with Crippen LogP contribution in [0.2, 0.25) is 0 Å².